The molecule has 1 amide bonds. The van der Waals surface area contributed by atoms with Gasteiger partial charge in [-0.2, -0.15) is 11.8 Å². The molecular weight excluding hydrogens is 270 g/mol. The highest BCUT2D eigenvalue weighted by Gasteiger charge is 2.19. The molecule has 1 saturated heterocycles. The van der Waals surface area contributed by atoms with Gasteiger partial charge in [-0.15, -0.1) is 0 Å². The minimum atomic E-state index is 0.0569. The van der Waals surface area contributed by atoms with Crippen molar-refractivity contribution in [1.82, 2.24) is 15.2 Å². The normalized spacial score (nSPS) is 17.9. The van der Waals surface area contributed by atoms with Crippen molar-refractivity contribution in [3.8, 4) is 0 Å². The van der Waals surface area contributed by atoms with Crippen LogP contribution in [0.25, 0.3) is 0 Å². The molecule has 0 aromatic carbocycles. The fourth-order valence-corrected chi connectivity index (χ4v) is 3.38. The van der Waals surface area contributed by atoms with Crippen LogP contribution in [0.1, 0.15) is 36.3 Å². The van der Waals surface area contributed by atoms with Crippen LogP contribution in [0.4, 0.5) is 0 Å². The summed E-state index contributed by atoms with van der Waals surface area (Å²) in [6.45, 7) is 4.99. The number of hydrogen-bond acceptors (Lipinski definition) is 3. The molecule has 0 spiro atoms. The maximum atomic E-state index is 12.3. The first-order valence-corrected chi connectivity index (χ1v) is 8.76. The van der Waals surface area contributed by atoms with Gasteiger partial charge < -0.3 is 15.2 Å². The standard InChI is InChI=1S/C15H25N3OS/c1-12(11-20-2)10-17-15(19)14-4-3-9-18(14)13-5-7-16-8-6-13/h3-4,9,12-13,16H,5-8,10-11H2,1-2H3,(H,17,19). The number of aromatic nitrogens is 1. The van der Waals surface area contributed by atoms with Crippen LogP contribution in [0.15, 0.2) is 18.3 Å². The third-order valence-electron chi connectivity index (χ3n) is 3.78. The number of amides is 1. The molecule has 2 rings (SSSR count). The summed E-state index contributed by atoms with van der Waals surface area (Å²) >= 11 is 1.82. The Balaban J connectivity index is 1.94. The highest BCUT2D eigenvalue weighted by molar-refractivity contribution is 7.98. The lowest BCUT2D eigenvalue weighted by molar-refractivity contribution is 0.0936. The second-order valence-electron chi connectivity index (χ2n) is 5.55. The SMILES string of the molecule is CSCC(C)CNC(=O)c1cccn1C1CCNCC1. The van der Waals surface area contributed by atoms with Gasteiger partial charge in [0.1, 0.15) is 5.69 Å². The van der Waals surface area contributed by atoms with Crippen molar-refractivity contribution >= 4 is 17.7 Å². The minimum absolute atomic E-state index is 0.0569. The first kappa shape index (κ1) is 15.4. The number of hydrogen-bond donors (Lipinski definition) is 2. The molecule has 1 aliphatic heterocycles. The molecule has 0 aliphatic carbocycles. The summed E-state index contributed by atoms with van der Waals surface area (Å²) in [5.41, 5.74) is 0.799. The van der Waals surface area contributed by atoms with E-state index in [1.165, 1.54) is 0 Å². The molecule has 1 unspecified atom stereocenters. The molecular formula is C15H25N3OS. The quantitative estimate of drug-likeness (QED) is 0.845. The van der Waals surface area contributed by atoms with Gasteiger partial charge in [-0.1, -0.05) is 6.92 Å². The Hall–Kier alpha value is -0.940. The Morgan fingerprint density at radius 2 is 2.30 bits per heavy atom. The number of carbonyl (C=O) groups excluding carboxylic acids is 1. The summed E-state index contributed by atoms with van der Waals surface area (Å²) in [6.07, 6.45) is 6.33. The average Bonchev–Trinajstić information content (AvgIpc) is 2.95. The molecule has 0 bridgehead atoms. The lowest BCUT2D eigenvalue weighted by Gasteiger charge is -2.26. The molecule has 0 radical (unpaired) electrons. The van der Waals surface area contributed by atoms with Crippen LogP contribution >= 0.6 is 11.8 Å². The minimum Gasteiger partial charge on any atom is -0.350 e. The van der Waals surface area contributed by atoms with Crippen LogP contribution in [0, 0.1) is 5.92 Å². The van der Waals surface area contributed by atoms with Gasteiger partial charge in [0.15, 0.2) is 0 Å². The van der Waals surface area contributed by atoms with E-state index in [0.717, 1.165) is 43.9 Å². The summed E-state index contributed by atoms with van der Waals surface area (Å²) in [5.74, 6) is 1.65. The molecule has 1 fully saturated rings. The van der Waals surface area contributed by atoms with Gasteiger partial charge in [0.2, 0.25) is 0 Å². The van der Waals surface area contributed by atoms with E-state index in [1.807, 2.05) is 30.1 Å². The van der Waals surface area contributed by atoms with Crippen LogP contribution < -0.4 is 10.6 Å². The highest BCUT2D eigenvalue weighted by atomic mass is 32.2. The Labute approximate surface area is 125 Å². The van der Waals surface area contributed by atoms with Gasteiger partial charge in [0.05, 0.1) is 0 Å². The van der Waals surface area contributed by atoms with Crippen molar-refractivity contribution < 1.29 is 4.79 Å². The van der Waals surface area contributed by atoms with E-state index >= 15 is 0 Å². The average molecular weight is 295 g/mol. The van der Waals surface area contributed by atoms with Gasteiger partial charge in [-0.05, 0) is 56.0 Å². The molecule has 2 heterocycles. The topological polar surface area (TPSA) is 46.1 Å². The number of thioether (sulfide) groups is 1. The highest BCUT2D eigenvalue weighted by Crippen LogP contribution is 2.21. The van der Waals surface area contributed by atoms with Crippen molar-refractivity contribution in [2.45, 2.75) is 25.8 Å². The van der Waals surface area contributed by atoms with Crippen molar-refractivity contribution in [3.05, 3.63) is 24.0 Å². The van der Waals surface area contributed by atoms with E-state index in [1.54, 1.807) is 0 Å². The van der Waals surface area contributed by atoms with E-state index in [4.69, 9.17) is 0 Å². The van der Waals surface area contributed by atoms with Gasteiger partial charge in [-0.3, -0.25) is 4.79 Å². The lowest BCUT2D eigenvalue weighted by Crippen LogP contribution is -2.34. The molecule has 4 nitrogen and oxygen atoms in total. The molecule has 0 saturated carbocycles. The zero-order chi connectivity index (χ0) is 14.4. The predicted molar refractivity (Wildman–Crippen MR) is 85.5 cm³/mol. The monoisotopic (exact) mass is 295 g/mol. The number of nitrogens with one attached hydrogen (secondary N) is 2. The number of piperidine rings is 1. The Morgan fingerprint density at radius 3 is 3.00 bits per heavy atom. The lowest BCUT2D eigenvalue weighted by atomic mass is 10.1. The van der Waals surface area contributed by atoms with E-state index in [0.29, 0.717) is 12.0 Å². The fraction of sp³-hybridized carbons (Fsp3) is 0.667. The molecule has 5 heteroatoms. The molecule has 1 aromatic rings. The fourth-order valence-electron chi connectivity index (χ4n) is 2.69. The molecule has 1 atom stereocenters. The smallest absolute Gasteiger partial charge is 0.267 e. The Kier molecular flexibility index (Phi) is 5.98. The van der Waals surface area contributed by atoms with E-state index < -0.39 is 0 Å². The van der Waals surface area contributed by atoms with Crippen LogP contribution in [0.2, 0.25) is 0 Å². The van der Waals surface area contributed by atoms with Gasteiger partial charge in [0.25, 0.3) is 5.91 Å². The number of nitrogens with zero attached hydrogens (tertiary/aromatic N) is 1. The zero-order valence-electron chi connectivity index (χ0n) is 12.4. The first-order chi connectivity index (χ1) is 9.72. The Morgan fingerprint density at radius 1 is 1.55 bits per heavy atom. The molecule has 112 valence electrons. The summed E-state index contributed by atoms with van der Waals surface area (Å²) in [7, 11) is 0. The van der Waals surface area contributed by atoms with Gasteiger partial charge in [0, 0.05) is 18.8 Å². The maximum Gasteiger partial charge on any atom is 0.267 e. The summed E-state index contributed by atoms with van der Waals surface area (Å²) in [6, 6.07) is 4.36. The largest absolute Gasteiger partial charge is 0.350 e. The zero-order valence-corrected chi connectivity index (χ0v) is 13.2. The van der Waals surface area contributed by atoms with E-state index in [-0.39, 0.29) is 5.91 Å². The molecule has 20 heavy (non-hydrogen) atoms. The van der Waals surface area contributed by atoms with Crippen LogP contribution in [-0.2, 0) is 0 Å². The Bertz CT molecular complexity index is 427. The van der Waals surface area contributed by atoms with E-state index in [2.05, 4.69) is 28.4 Å². The second-order valence-corrected chi connectivity index (χ2v) is 6.46. The number of carbonyl (C=O) groups is 1. The first-order valence-electron chi connectivity index (χ1n) is 7.37. The third kappa shape index (κ3) is 4.03. The molecule has 1 aliphatic rings. The van der Waals surface area contributed by atoms with Crippen molar-refractivity contribution in [2.75, 3.05) is 31.6 Å². The summed E-state index contributed by atoms with van der Waals surface area (Å²) < 4.78 is 2.15. The van der Waals surface area contributed by atoms with E-state index in [9.17, 15) is 4.79 Å². The second kappa shape index (κ2) is 7.74. The summed E-state index contributed by atoms with van der Waals surface area (Å²) in [4.78, 5) is 12.3. The van der Waals surface area contributed by atoms with Crippen molar-refractivity contribution in [1.29, 1.82) is 0 Å². The molecule has 2 N–H and O–H groups in total. The van der Waals surface area contributed by atoms with Gasteiger partial charge >= 0.3 is 0 Å². The number of rotatable bonds is 6. The van der Waals surface area contributed by atoms with Crippen LogP contribution in [0.5, 0.6) is 0 Å². The van der Waals surface area contributed by atoms with Crippen molar-refractivity contribution in [3.63, 3.8) is 0 Å². The molecule has 1 aromatic heterocycles. The predicted octanol–water partition coefficient (Wildman–Crippen LogP) is 2.14. The van der Waals surface area contributed by atoms with Gasteiger partial charge in [-0.25, -0.2) is 0 Å². The maximum absolute atomic E-state index is 12.3. The van der Waals surface area contributed by atoms with Crippen LogP contribution in [-0.4, -0.2) is 42.1 Å². The summed E-state index contributed by atoms with van der Waals surface area (Å²) in [5, 5.41) is 6.42. The van der Waals surface area contributed by atoms with Crippen LogP contribution in [0.3, 0.4) is 0 Å². The van der Waals surface area contributed by atoms with Crippen molar-refractivity contribution in [2.24, 2.45) is 5.92 Å². The third-order valence-corrected chi connectivity index (χ3v) is 4.68.